The molecule has 4 heterocycles. The molecule has 6 rings (SSSR count). The fourth-order valence-electron chi connectivity index (χ4n) is 4.57. The van der Waals surface area contributed by atoms with Gasteiger partial charge in [-0.2, -0.15) is 0 Å². The first-order valence-electron chi connectivity index (χ1n) is 10.5. The average molecular weight is 458 g/mol. The largest absolute Gasteiger partial charge is 0.255 e. The lowest BCUT2D eigenvalue weighted by atomic mass is 9.85. The molecule has 0 aliphatic heterocycles. The van der Waals surface area contributed by atoms with E-state index in [0.717, 1.165) is 5.69 Å². The number of hydrogen-bond donors (Lipinski definition) is 0. The van der Waals surface area contributed by atoms with Crippen molar-refractivity contribution >= 4 is 74.4 Å². The molecule has 6 aromatic rings. The molecule has 1 nitrogen and oxygen atoms in total. The van der Waals surface area contributed by atoms with Gasteiger partial charge in [-0.05, 0) is 76.9 Å². The molecule has 0 saturated carbocycles. The summed E-state index contributed by atoms with van der Waals surface area (Å²) >= 11 is 5.65. The molecule has 2 aromatic carbocycles. The third-order valence-electron chi connectivity index (χ3n) is 6.33. The summed E-state index contributed by atoms with van der Waals surface area (Å²) in [6, 6.07) is 13.7. The van der Waals surface area contributed by atoms with E-state index in [1.54, 1.807) is 0 Å². The van der Waals surface area contributed by atoms with E-state index >= 15 is 0 Å². The smallest absolute Gasteiger partial charge is 0.0880 e. The van der Waals surface area contributed by atoms with Gasteiger partial charge in [0.05, 0.1) is 10.4 Å². The van der Waals surface area contributed by atoms with Gasteiger partial charge in [0.2, 0.25) is 0 Å². The lowest BCUT2D eigenvalue weighted by Gasteiger charge is -2.21. The fraction of sp³-hybridized carbons (Fsp3) is 0.222. The summed E-state index contributed by atoms with van der Waals surface area (Å²) < 4.78 is 5.46. The second-order valence-corrected chi connectivity index (χ2v) is 12.5. The predicted octanol–water partition coefficient (Wildman–Crippen LogP) is 9.46. The zero-order valence-electron chi connectivity index (χ0n) is 18.3. The second-order valence-electron chi connectivity index (χ2n) is 9.35. The Hall–Kier alpha value is -2.27. The van der Waals surface area contributed by atoms with Gasteiger partial charge in [-0.3, -0.25) is 4.98 Å². The molecule has 0 amide bonds. The first-order chi connectivity index (χ1) is 14.8. The van der Waals surface area contributed by atoms with Crippen LogP contribution in [0.2, 0.25) is 0 Å². The summed E-state index contributed by atoms with van der Waals surface area (Å²) in [5.41, 5.74) is 5.24. The Bertz CT molecular complexity index is 1640. The van der Waals surface area contributed by atoms with Crippen LogP contribution in [0.3, 0.4) is 0 Å². The Morgan fingerprint density at radius 1 is 0.839 bits per heavy atom. The minimum atomic E-state index is 0.0886. The third-order valence-corrected chi connectivity index (χ3v) is 9.71. The van der Waals surface area contributed by atoms with E-state index in [2.05, 4.69) is 76.4 Å². The Kier molecular flexibility index (Phi) is 4.14. The van der Waals surface area contributed by atoms with Crippen LogP contribution in [0, 0.1) is 13.8 Å². The zero-order chi connectivity index (χ0) is 21.5. The molecule has 0 unspecified atom stereocenters. The first-order valence-corrected chi connectivity index (χ1v) is 13.1. The Morgan fingerprint density at radius 3 is 2.48 bits per heavy atom. The van der Waals surface area contributed by atoms with Gasteiger partial charge in [0.1, 0.15) is 0 Å². The Labute approximate surface area is 194 Å². The van der Waals surface area contributed by atoms with Crippen LogP contribution in [-0.4, -0.2) is 4.98 Å². The normalized spacial score (nSPS) is 12.7. The highest BCUT2D eigenvalue weighted by Gasteiger charge is 2.21. The molecule has 0 saturated heterocycles. The summed E-state index contributed by atoms with van der Waals surface area (Å²) in [7, 11) is 0. The molecule has 0 radical (unpaired) electrons. The average Bonchev–Trinajstić information content (AvgIpc) is 3.42. The summed E-state index contributed by atoms with van der Waals surface area (Å²) in [5.74, 6) is 0. The number of aromatic nitrogens is 1. The molecule has 4 heteroatoms. The topological polar surface area (TPSA) is 12.9 Å². The molecular weight excluding hydrogens is 435 g/mol. The first kappa shape index (κ1) is 19.4. The lowest BCUT2D eigenvalue weighted by molar-refractivity contribution is 0.597. The van der Waals surface area contributed by atoms with Crippen molar-refractivity contribution in [2.75, 3.05) is 0 Å². The van der Waals surface area contributed by atoms with Gasteiger partial charge in [0.25, 0.3) is 0 Å². The van der Waals surface area contributed by atoms with Crippen molar-refractivity contribution in [2.24, 2.45) is 0 Å². The van der Waals surface area contributed by atoms with Crippen molar-refractivity contribution in [3.63, 3.8) is 0 Å². The highest BCUT2D eigenvalue weighted by molar-refractivity contribution is 7.28. The SMILES string of the molecule is Cc1sc2c(ccc3sc4c(-c5cc(C(C)(C)C)c6sccc6c5)nccc4c32)c1C. The quantitative estimate of drug-likeness (QED) is 0.239. The van der Waals surface area contributed by atoms with Crippen molar-refractivity contribution in [2.45, 2.75) is 40.0 Å². The van der Waals surface area contributed by atoms with Crippen LogP contribution in [0.25, 0.3) is 51.6 Å². The summed E-state index contributed by atoms with van der Waals surface area (Å²) in [5, 5.41) is 7.64. The monoisotopic (exact) mass is 457 g/mol. The van der Waals surface area contributed by atoms with Gasteiger partial charge in [0, 0.05) is 41.5 Å². The number of rotatable bonds is 1. The van der Waals surface area contributed by atoms with Gasteiger partial charge >= 0.3 is 0 Å². The van der Waals surface area contributed by atoms with E-state index in [0.29, 0.717) is 0 Å². The number of benzene rings is 2. The lowest BCUT2D eigenvalue weighted by Crippen LogP contribution is -2.11. The molecule has 0 aliphatic rings. The van der Waals surface area contributed by atoms with Crippen LogP contribution in [0.15, 0.2) is 48.0 Å². The minimum Gasteiger partial charge on any atom is -0.255 e. The molecule has 0 N–H and O–H groups in total. The van der Waals surface area contributed by atoms with E-state index < -0.39 is 0 Å². The molecule has 31 heavy (non-hydrogen) atoms. The van der Waals surface area contributed by atoms with E-state index in [-0.39, 0.29) is 5.41 Å². The number of aryl methyl sites for hydroxylation is 2. The molecule has 4 aromatic heterocycles. The van der Waals surface area contributed by atoms with E-state index in [1.165, 1.54) is 61.9 Å². The van der Waals surface area contributed by atoms with Crippen LogP contribution in [0.5, 0.6) is 0 Å². The molecular formula is C27H23NS3. The maximum atomic E-state index is 4.91. The van der Waals surface area contributed by atoms with Crippen LogP contribution >= 0.6 is 34.0 Å². The number of pyridine rings is 1. The number of thiophene rings is 3. The third kappa shape index (κ3) is 2.82. The van der Waals surface area contributed by atoms with Crippen molar-refractivity contribution in [3.05, 3.63) is 64.0 Å². The minimum absolute atomic E-state index is 0.0886. The van der Waals surface area contributed by atoms with Gasteiger partial charge in [0.15, 0.2) is 0 Å². The molecule has 0 spiro atoms. The maximum absolute atomic E-state index is 4.91. The van der Waals surface area contributed by atoms with Gasteiger partial charge in [-0.25, -0.2) is 0 Å². The van der Waals surface area contributed by atoms with Crippen molar-refractivity contribution in [1.82, 2.24) is 4.98 Å². The number of nitrogens with zero attached hydrogens (tertiary/aromatic N) is 1. The Morgan fingerprint density at radius 2 is 1.68 bits per heavy atom. The molecule has 0 aliphatic carbocycles. The van der Waals surface area contributed by atoms with Crippen molar-refractivity contribution in [3.8, 4) is 11.3 Å². The van der Waals surface area contributed by atoms with Gasteiger partial charge < -0.3 is 0 Å². The summed E-state index contributed by atoms with van der Waals surface area (Å²) in [4.78, 5) is 6.32. The van der Waals surface area contributed by atoms with Crippen molar-refractivity contribution < 1.29 is 0 Å². The molecule has 154 valence electrons. The van der Waals surface area contributed by atoms with Crippen LogP contribution in [0.4, 0.5) is 0 Å². The van der Waals surface area contributed by atoms with E-state index in [9.17, 15) is 0 Å². The number of fused-ring (bicyclic) bond motifs is 6. The van der Waals surface area contributed by atoms with Crippen LogP contribution in [-0.2, 0) is 5.41 Å². The summed E-state index contributed by atoms with van der Waals surface area (Å²) in [6.07, 6.45) is 1.99. The molecule has 0 fully saturated rings. The predicted molar refractivity (Wildman–Crippen MR) is 142 cm³/mol. The van der Waals surface area contributed by atoms with Gasteiger partial charge in [-0.1, -0.05) is 26.8 Å². The van der Waals surface area contributed by atoms with Gasteiger partial charge in [-0.15, -0.1) is 34.0 Å². The standard InChI is InChI=1S/C27H23NS3/c1-14-15(2)30-25-18(14)6-7-21-22(25)19-8-10-28-23(26(19)31-21)17-12-16-9-11-29-24(16)20(13-17)27(3,4)5/h6-13H,1-5H3. The Balaban J connectivity index is 1.71. The van der Waals surface area contributed by atoms with Crippen LogP contribution in [0.1, 0.15) is 36.8 Å². The highest BCUT2D eigenvalue weighted by Crippen LogP contribution is 2.46. The van der Waals surface area contributed by atoms with Crippen LogP contribution < -0.4 is 0 Å². The fourth-order valence-corrected chi connectivity index (χ4v) is 8.18. The van der Waals surface area contributed by atoms with E-state index in [4.69, 9.17) is 4.98 Å². The maximum Gasteiger partial charge on any atom is 0.0880 e. The highest BCUT2D eigenvalue weighted by atomic mass is 32.1. The zero-order valence-corrected chi connectivity index (χ0v) is 20.7. The molecule has 0 bridgehead atoms. The second kappa shape index (κ2) is 6.61. The molecule has 0 atom stereocenters. The number of hydrogen-bond acceptors (Lipinski definition) is 4. The van der Waals surface area contributed by atoms with Crippen molar-refractivity contribution in [1.29, 1.82) is 0 Å². The van der Waals surface area contributed by atoms with E-state index in [1.807, 2.05) is 40.2 Å². The summed E-state index contributed by atoms with van der Waals surface area (Å²) in [6.45, 7) is 11.4.